The quantitative estimate of drug-likeness (QED) is 0.426. The predicted molar refractivity (Wildman–Crippen MR) is 107 cm³/mol. The van der Waals surface area contributed by atoms with E-state index < -0.39 is 0 Å². The molecular formula is C20H12BrClN2O2. The Bertz CT molecular complexity index is 1100. The Kier molecular flexibility index (Phi) is 4.49. The monoisotopic (exact) mass is 426 g/mol. The lowest BCUT2D eigenvalue weighted by Gasteiger charge is -2.09. The van der Waals surface area contributed by atoms with Crippen LogP contribution in [0.15, 0.2) is 75.6 Å². The number of nitrogens with zero attached hydrogens (tertiary/aromatic N) is 1. The van der Waals surface area contributed by atoms with Crippen molar-refractivity contribution in [2.24, 2.45) is 0 Å². The lowest BCUT2D eigenvalue weighted by molar-refractivity contribution is 0.102. The summed E-state index contributed by atoms with van der Waals surface area (Å²) < 4.78 is 6.44. The average Bonchev–Trinajstić information content (AvgIpc) is 3.10. The van der Waals surface area contributed by atoms with Crippen molar-refractivity contribution in [1.82, 2.24) is 4.98 Å². The molecule has 128 valence electrons. The van der Waals surface area contributed by atoms with Crippen LogP contribution in [0.1, 0.15) is 10.4 Å². The maximum absolute atomic E-state index is 12.4. The van der Waals surface area contributed by atoms with E-state index >= 15 is 0 Å². The molecule has 0 unspecified atom stereocenters. The minimum Gasteiger partial charge on any atom is -0.436 e. The van der Waals surface area contributed by atoms with E-state index in [1.165, 1.54) is 0 Å². The van der Waals surface area contributed by atoms with E-state index in [2.05, 4.69) is 26.2 Å². The van der Waals surface area contributed by atoms with E-state index in [0.29, 0.717) is 37.7 Å². The summed E-state index contributed by atoms with van der Waals surface area (Å²) in [7, 11) is 0. The van der Waals surface area contributed by atoms with E-state index in [-0.39, 0.29) is 5.91 Å². The number of carbonyl (C=O) groups excluding carboxylic acids is 1. The zero-order chi connectivity index (χ0) is 18.1. The van der Waals surface area contributed by atoms with Crippen LogP contribution in [0.4, 0.5) is 5.69 Å². The van der Waals surface area contributed by atoms with Gasteiger partial charge in [0.05, 0.1) is 10.7 Å². The van der Waals surface area contributed by atoms with Crippen LogP contribution >= 0.6 is 27.5 Å². The fourth-order valence-corrected chi connectivity index (χ4v) is 3.50. The first-order valence-electron chi connectivity index (χ1n) is 7.84. The van der Waals surface area contributed by atoms with Crippen molar-refractivity contribution >= 4 is 50.2 Å². The number of halogens is 2. The number of rotatable bonds is 3. The second-order valence-corrected chi connectivity index (χ2v) is 6.83. The average molecular weight is 428 g/mol. The summed E-state index contributed by atoms with van der Waals surface area (Å²) in [5.74, 6) is 0.222. The molecular weight excluding hydrogens is 416 g/mol. The Morgan fingerprint density at radius 1 is 1.04 bits per heavy atom. The SMILES string of the molecule is O=C(Nc1c(Br)cc2oc(-c3ccccc3)nc2c1Cl)c1ccccc1. The van der Waals surface area contributed by atoms with Crippen molar-refractivity contribution in [3.05, 3.63) is 81.8 Å². The molecule has 6 heteroatoms. The van der Waals surface area contributed by atoms with Crippen molar-refractivity contribution in [3.8, 4) is 11.5 Å². The summed E-state index contributed by atoms with van der Waals surface area (Å²) in [5.41, 5.74) is 2.89. The van der Waals surface area contributed by atoms with E-state index in [1.54, 1.807) is 30.3 Å². The van der Waals surface area contributed by atoms with Gasteiger partial charge in [-0.05, 0) is 46.3 Å². The van der Waals surface area contributed by atoms with Crippen molar-refractivity contribution in [2.45, 2.75) is 0 Å². The van der Waals surface area contributed by atoms with Crippen molar-refractivity contribution < 1.29 is 9.21 Å². The van der Waals surface area contributed by atoms with Gasteiger partial charge < -0.3 is 9.73 Å². The molecule has 0 saturated carbocycles. The van der Waals surface area contributed by atoms with Crippen LogP contribution in [0, 0.1) is 0 Å². The van der Waals surface area contributed by atoms with Gasteiger partial charge in [0, 0.05) is 15.6 Å². The normalized spacial score (nSPS) is 10.8. The van der Waals surface area contributed by atoms with E-state index in [9.17, 15) is 4.79 Å². The molecule has 0 radical (unpaired) electrons. The summed E-state index contributed by atoms with van der Waals surface area (Å²) in [4.78, 5) is 16.9. The fourth-order valence-electron chi connectivity index (χ4n) is 2.59. The number of nitrogens with one attached hydrogen (secondary N) is 1. The molecule has 1 heterocycles. The van der Waals surface area contributed by atoms with Gasteiger partial charge in [-0.15, -0.1) is 0 Å². The number of aromatic nitrogens is 1. The lowest BCUT2D eigenvalue weighted by Crippen LogP contribution is -2.12. The molecule has 1 aromatic heterocycles. The van der Waals surface area contributed by atoms with Crippen LogP contribution in [0.2, 0.25) is 5.02 Å². The first-order chi connectivity index (χ1) is 12.6. The number of amides is 1. The minimum atomic E-state index is -0.251. The summed E-state index contributed by atoms with van der Waals surface area (Å²) in [6.07, 6.45) is 0. The van der Waals surface area contributed by atoms with E-state index in [1.807, 2.05) is 36.4 Å². The second kappa shape index (κ2) is 6.94. The highest BCUT2D eigenvalue weighted by molar-refractivity contribution is 9.10. The van der Waals surface area contributed by atoms with Crippen LogP contribution < -0.4 is 5.32 Å². The number of anilines is 1. The van der Waals surface area contributed by atoms with Crippen molar-refractivity contribution in [2.75, 3.05) is 5.32 Å². The van der Waals surface area contributed by atoms with Crippen LogP contribution in [-0.4, -0.2) is 10.9 Å². The fraction of sp³-hybridized carbons (Fsp3) is 0. The third-order valence-electron chi connectivity index (χ3n) is 3.87. The van der Waals surface area contributed by atoms with Gasteiger partial charge in [-0.3, -0.25) is 4.79 Å². The Balaban J connectivity index is 1.75. The minimum absolute atomic E-state index is 0.251. The maximum Gasteiger partial charge on any atom is 0.255 e. The van der Waals surface area contributed by atoms with Gasteiger partial charge in [0.15, 0.2) is 5.58 Å². The summed E-state index contributed by atoms with van der Waals surface area (Å²) in [6, 6.07) is 20.2. The largest absolute Gasteiger partial charge is 0.436 e. The Morgan fingerprint density at radius 2 is 1.69 bits per heavy atom. The molecule has 0 spiro atoms. The van der Waals surface area contributed by atoms with E-state index in [0.717, 1.165) is 5.56 Å². The highest BCUT2D eigenvalue weighted by Crippen LogP contribution is 2.39. The van der Waals surface area contributed by atoms with Crippen molar-refractivity contribution in [3.63, 3.8) is 0 Å². The topological polar surface area (TPSA) is 55.1 Å². The van der Waals surface area contributed by atoms with Crippen LogP contribution in [0.3, 0.4) is 0 Å². The van der Waals surface area contributed by atoms with Gasteiger partial charge in [-0.1, -0.05) is 48.0 Å². The number of carbonyl (C=O) groups is 1. The second-order valence-electron chi connectivity index (χ2n) is 5.60. The molecule has 4 rings (SSSR count). The molecule has 4 nitrogen and oxygen atoms in total. The van der Waals surface area contributed by atoms with Gasteiger partial charge in [-0.25, -0.2) is 4.98 Å². The molecule has 3 aromatic carbocycles. The smallest absolute Gasteiger partial charge is 0.255 e. The van der Waals surface area contributed by atoms with Crippen LogP contribution in [0.25, 0.3) is 22.6 Å². The summed E-state index contributed by atoms with van der Waals surface area (Å²) >= 11 is 9.96. The van der Waals surface area contributed by atoms with Crippen LogP contribution in [-0.2, 0) is 0 Å². The van der Waals surface area contributed by atoms with E-state index in [4.69, 9.17) is 16.0 Å². The molecule has 1 amide bonds. The Labute approximate surface area is 162 Å². The molecule has 0 aliphatic rings. The maximum atomic E-state index is 12.4. The predicted octanol–water partition coefficient (Wildman–Crippen LogP) is 6.16. The van der Waals surface area contributed by atoms with Crippen molar-refractivity contribution in [1.29, 1.82) is 0 Å². The summed E-state index contributed by atoms with van der Waals surface area (Å²) in [5, 5.41) is 3.16. The standard InChI is InChI=1S/C20H12BrClN2O2/c21-14-11-15-18(24-20(26-15)13-9-5-2-6-10-13)16(22)17(14)23-19(25)12-7-3-1-4-8-12/h1-11H,(H,23,25). The third-order valence-corrected chi connectivity index (χ3v) is 4.87. The van der Waals surface area contributed by atoms with Gasteiger partial charge in [0.25, 0.3) is 5.91 Å². The molecule has 0 aliphatic carbocycles. The van der Waals surface area contributed by atoms with Gasteiger partial charge >= 0.3 is 0 Å². The molecule has 26 heavy (non-hydrogen) atoms. The van der Waals surface area contributed by atoms with Gasteiger partial charge in [0.1, 0.15) is 5.52 Å². The van der Waals surface area contributed by atoms with Gasteiger partial charge in [0.2, 0.25) is 5.89 Å². The third kappa shape index (κ3) is 3.11. The molecule has 0 atom stereocenters. The molecule has 0 bridgehead atoms. The zero-order valence-corrected chi connectivity index (χ0v) is 15.7. The number of hydrogen-bond acceptors (Lipinski definition) is 3. The number of oxazole rings is 1. The number of fused-ring (bicyclic) bond motifs is 1. The Hall–Kier alpha value is -2.63. The number of benzene rings is 3. The lowest BCUT2D eigenvalue weighted by atomic mass is 10.2. The Morgan fingerprint density at radius 3 is 2.38 bits per heavy atom. The zero-order valence-electron chi connectivity index (χ0n) is 13.4. The van der Waals surface area contributed by atoms with Gasteiger partial charge in [-0.2, -0.15) is 0 Å². The molecule has 0 fully saturated rings. The highest BCUT2D eigenvalue weighted by Gasteiger charge is 2.19. The highest BCUT2D eigenvalue weighted by atomic mass is 79.9. The van der Waals surface area contributed by atoms with Crippen LogP contribution in [0.5, 0.6) is 0 Å². The molecule has 1 N–H and O–H groups in total. The molecule has 0 saturated heterocycles. The first kappa shape index (κ1) is 16.8. The number of hydrogen-bond donors (Lipinski definition) is 1. The summed E-state index contributed by atoms with van der Waals surface area (Å²) in [6.45, 7) is 0. The molecule has 4 aromatic rings. The first-order valence-corrected chi connectivity index (χ1v) is 9.01. The molecule has 0 aliphatic heterocycles.